The minimum absolute atomic E-state index is 0.000205. The van der Waals surface area contributed by atoms with Crippen LogP contribution in [0.25, 0.3) is 22.3 Å². The number of nitrogens with one attached hydrogen (secondary N) is 2. The Hall–Kier alpha value is -4.38. The summed E-state index contributed by atoms with van der Waals surface area (Å²) in [5.41, 5.74) is 4.60. The van der Waals surface area contributed by atoms with Gasteiger partial charge in [0.2, 0.25) is 5.95 Å². The highest BCUT2D eigenvalue weighted by atomic mass is 31.3. The van der Waals surface area contributed by atoms with Crippen molar-refractivity contribution in [3.05, 3.63) is 29.3 Å². The van der Waals surface area contributed by atoms with Crippen molar-refractivity contribution in [3.63, 3.8) is 0 Å². The number of carbonyl (C=O) groups excluding carboxylic acids is 2. The molecule has 4 aromatic rings. The fourth-order valence-corrected chi connectivity index (χ4v) is 8.30. The van der Waals surface area contributed by atoms with E-state index in [1.165, 1.54) is 5.06 Å². The number of carbonyl (C=O) groups is 2. The van der Waals surface area contributed by atoms with Gasteiger partial charge in [-0.3, -0.25) is 33.3 Å². The lowest BCUT2D eigenvalue weighted by Gasteiger charge is -2.20. The molecule has 0 spiro atoms. The van der Waals surface area contributed by atoms with Crippen LogP contribution in [0.5, 0.6) is 0 Å². The number of imidazole rings is 2. The fourth-order valence-electron chi connectivity index (χ4n) is 6.21. The first-order valence-corrected chi connectivity index (χ1v) is 19.3. The molecule has 0 saturated carbocycles. The number of anilines is 2. The summed E-state index contributed by atoms with van der Waals surface area (Å²) in [4.78, 5) is 83.6. The molecule has 0 aliphatic carbocycles. The average molecular weight is 834 g/mol. The number of nitrogens with two attached hydrogens (primary N) is 1. The van der Waals surface area contributed by atoms with Crippen molar-refractivity contribution in [3.8, 4) is 0 Å². The minimum Gasteiger partial charge on any atom is -0.387 e. The number of H-pyrrole nitrogens is 1. The van der Waals surface area contributed by atoms with Crippen LogP contribution >= 0.6 is 15.6 Å². The first-order valence-electron chi connectivity index (χ1n) is 16.4. The zero-order valence-corrected chi connectivity index (χ0v) is 30.1. The molecule has 0 radical (unpaired) electrons. The first kappa shape index (κ1) is 39.8. The predicted molar refractivity (Wildman–Crippen MR) is 178 cm³/mol. The van der Waals surface area contributed by atoms with E-state index in [4.69, 9.17) is 29.1 Å². The quantitative estimate of drug-likeness (QED) is 0.0484. The molecule has 30 heteroatoms. The Morgan fingerprint density at radius 3 is 2.12 bits per heavy atom. The van der Waals surface area contributed by atoms with Gasteiger partial charge in [0, 0.05) is 6.54 Å². The number of aromatic nitrogens is 8. The molecule has 0 aromatic carbocycles. The van der Waals surface area contributed by atoms with Gasteiger partial charge in [0.15, 0.2) is 40.6 Å². The number of rotatable bonds is 13. The topological polar surface area (TPSA) is 394 Å². The number of fused-ring (bicyclic) bond motifs is 2. The van der Waals surface area contributed by atoms with Gasteiger partial charge in [-0.1, -0.05) is 0 Å². The maximum absolute atomic E-state index is 12.7. The smallest absolute Gasteiger partial charge is 0.387 e. The van der Waals surface area contributed by atoms with E-state index in [2.05, 4.69) is 39.5 Å². The van der Waals surface area contributed by atoms with Crippen LogP contribution < -0.4 is 16.6 Å². The van der Waals surface area contributed by atoms with E-state index in [1.54, 1.807) is 0 Å². The predicted octanol–water partition coefficient (Wildman–Crippen LogP) is -2.84. The SMILES string of the molecule is Nc1nc2c(ncn2[C@@H]2O[C@H](COP(=O)(O)OP(=O)(O)OC[C@H]3O[C@@H](n4cnc5c(NC(=O)ON6CCC[C@H]6C=O)ncnc54)C(O)[C@H]3O)[C@H](O)C2O)c(=O)[nH]1. The molecule has 3 fully saturated rings. The number of amides is 1. The normalized spacial score (nSPS) is 30.4. The van der Waals surface area contributed by atoms with Gasteiger partial charge in [-0.15, -0.1) is 5.06 Å². The van der Waals surface area contributed by atoms with Crippen LogP contribution in [0.15, 0.2) is 23.8 Å². The van der Waals surface area contributed by atoms with Gasteiger partial charge in [-0.2, -0.15) is 9.29 Å². The van der Waals surface area contributed by atoms with E-state index in [1.807, 2.05) is 0 Å². The number of phosphoric acid groups is 2. The monoisotopic (exact) mass is 833 g/mol. The molecule has 3 saturated heterocycles. The van der Waals surface area contributed by atoms with E-state index >= 15 is 0 Å². The summed E-state index contributed by atoms with van der Waals surface area (Å²) in [5.74, 6) is -0.392. The van der Waals surface area contributed by atoms with Gasteiger partial charge in [-0.25, -0.2) is 33.9 Å². The molecule has 3 aliphatic heterocycles. The number of aliphatic hydroxyl groups excluding tert-OH is 4. The summed E-state index contributed by atoms with van der Waals surface area (Å²) < 4.78 is 52.5. The Labute approximate surface area is 310 Å². The highest BCUT2D eigenvalue weighted by molar-refractivity contribution is 7.61. The van der Waals surface area contributed by atoms with Crippen LogP contribution in [0.1, 0.15) is 25.3 Å². The van der Waals surface area contributed by atoms with Crippen LogP contribution in [0.3, 0.4) is 0 Å². The highest BCUT2D eigenvalue weighted by Crippen LogP contribution is 2.61. The Morgan fingerprint density at radius 1 is 0.929 bits per heavy atom. The Balaban J connectivity index is 0.937. The van der Waals surface area contributed by atoms with Gasteiger partial charge in [-0.05, 0) is 12.8 Å². The summed E-state index contributed by atoms with van der Waals surface area (Å²) in [5, 5.41) is 46.1. The maximum atomic E-state index is 12.7. The standard InChI is InChI=1S/C26H33N11O17P2/c27-25-33-21-14(22(43)34-25)31-9-36(21)24-18(42)16(40)12(52-24)6-50-56(47,48)54-55(45,46)49-5-11-15(39)17(41)23(51-11)35-8-30-13-19(28-7-29-20(13)35)32-26(44)53-37-3-1-2-10(37)4-38/h4,7-12,15-18,23-24,39-42H,1-3,5-6H2,(H,45,46)(H,47,48)(H3,27,33,34,43)(H,28,29,32,44)/t10-,11+,12+,15-,16-,17?,18?,23+,24+/m0/s1. The number of nitrogens with zero attached hydrogens (tertiary/aromatic N) is 8. The molecule has 4 aromatic heterocycles. The van der Waals surface area contributed by atoms with Crippen LogP contribution in [0.4, 0.5) is 16.6 Å². The molecule has 10 N–H and O–H groups in total. The Kier molecular flexibility index (Phi) is 11.0. The van der Waals surface area contributed by atoms with Crippen molar-refractivity contribution in [1.82, 2.24) is 44.1 Å². The zero-order chi connectivity index (χ0) is 40.1. The third-order valence-corrected chi connectivity index (χ3v) is 11.5. The summed E-state index contributed by atoms with van der Waals surface area (Å²) >= 11 is 0. The van der Waals surface area contributed by atoms with E-state index in [-0.39, 0.29) is 34.1 Å². The third-order valence-electron chi connectivity index (χ3n) is 8.87. The molecule has 1 amide bonds. The minimum atomic E-state index is -5.49. The lowest BCUT2D eigenvalue weighted by molar-refractivity contribution is -0.132. The Morgan fingerprint density at radius 2 is 1.52 bits per heavy atom. The molecule has 0 bridgehead atoms. The van der Waals surface area contributed by atoms with Crippen molar-refractivity contribution >= 4 is 62.1 Å². The molecule has 4 unspecified atom stereocenters. The van der Waals surface area contributed by atoms with E-state index in [0.29, 0.717) is 25.7 Å². The number of nitrogen functional groups attached to an aromatic ring is 1. The second-order valence-corrected chi connectivity index (χ2v) is 15.6. The summed E-state index contributed by atoms with van der Waals surface area (Å²) in [6.45, 7) is -1.62. The van der Waals surface area contributed by atoms with Crippen LogP contribution in [0.2, 0.25) is 0 Å². The highest BCUT2D eigenvalue weighted by Gasteiger charge is 2.48. The van der Waals surface area contributed by atoms with Crippen molar-refractivity contribution in [2.24, 2.45) is 0 Å². The second-order valence-electron chi connectivity index (χ2n) is 12.5. The van der Waals surface area contributed by atoms with Crippen LogP contribution in [0, 0.1) is 0 Å². The van der Waals surface area contributed by atoms with E-state index in [9.17, 15) is 53.7 Å². The van der Waals surface area contributed by atoms with Crippen molar-refractivity contribution in [1.29, 1.82) is 0 Å². The van der Waals surface area contributed by atoms with Gasteiger partial charge in [0.25, 0.3) is 5.56 Å². The first-order chi connectivity index (χ1) is 26.6. The number of hydroxylamine groups is 2. The molecular weight excluding hydrogens is 800 g/mol. The fraction of sp³-hybridized carbons (Fsp3) is 0.538. The summed E-state index contributed by atoms with van der Waals surface area (Å²) in [6, 6.07) is -0.592. The van der Waals surface area contributed by atoms with E-state index < -0.39 is 95.6 Å². The number of aliphatic hydroxyl groups is 4. The van der Waals surface area contributed by atoms with Gasteiger partial charge >= 0.3 is 21.7 Å². The molecule has 7 rings (SSSR count). The zero-order valence-electron chi connectivity index (χ0n) is 28.3. The molecule has 304 valence electrons. The van der Waals surface area contributed by atoms with Crippen LogP contribution in [-0.2, 0) is 41.6 Å². The third kappa shape index (κ3) is 7.93. The second kappa shape index (κ2) is 15.5. The lowest BCUT2D eigenvalue weighted by atomic mass is 10.1. The molecule has 3 aliphatic rings. The Bertz CT molecular complexity index is 2270. The number of hydrogen-bond donors (Lipinski definition) is 9. The summed E-state index contributed by atoms with van der Waals surface area (Å²) in [6.07, 6.45) is -8.79. The van der Waals surface area contributed by atoms with Crippen LogP contribution in [-0.4, -0.2) is 149 Å². The molecule has 7 heterocycles. The van der Waals surface area contributed by atoms with Gasteiger partial charge < -0.3 is 55.1 Å². The molecule has 56 heavy (non-hydrogen) atoms. The largest absolute Gasteiger partial charge is 0.481 e. The number of phosphoric ester groups is 2. The maximum Gasteiger partial charge on any atom is 0.481 e. The summed E-state index contributed by atoms with van der Waals surface area (Å²) in [7, 11) is -11.0. The van der Waals surface area contributed by atoms with Crippen molar-refractivity contribution in [2.75, 3.05) is 30.8 Å². The van der Waals surface area contributed by atoms with Gasteiger partial charge in [0.1, 0.15) is 55.3 Å². The van der Waals surface area contributed by atoms with Crippen molar-refractivity contribution < 1.29 is 76.6 Å². The number of hydrogen-bond acceptors (Lipinski definition) is 22. The average Bonchev–Trinajstić information content (AvgIpc) is 3.96. The number of ether oxygens (including phenoxy) is 2. The number of aromatic amines is 1. The lowest BCUT2D eigenvalue weighted by Crippen LogP contribution is -2.34. The van der Waals surface area contributed by atoms with Gasteiger partial charge in [0.05, 0.1) is 25.9 Å². The van der Waals surface area contributed by atoms with Crippen molar-refractivity contribution in [2.45, 2.75) is 68.0 Å². The molecule has 11 atom stereocenters. The number of aldehydes is 1. The molecule has 28 nitrogen and oxygen atoms in total. The molecular formula is C26H33N11O17P2. The van der Waals surface area contributed by atoms with E-state index in [0.717, 1.165) is 28.1 Å².